The van der Waals surface area contributed by atoms with E-state index in [-0.39, 0.29) is 6.03 Å². The molecule has 0 fully saturated rings. The van der Waals surface area contributed by atoms with E-state index in [2.05, 4.69) is 10.3 Å². The lowest BCUT2D eigenvalue weighted by atomic mass is 10.2. The van der Waals surface area contributed by atoms with Gasteiger partial charge in [0.1, 0.15) is 0 Å². The molecule has 132 valence electrons. The molecule has 0 spiro atoms. The first-order valence-electron chi connectivity index (χ1n) is 8.46. The minimum Gasteiger partial charge on any atom is -0.320 e. The normalized spacial score (nSPS) is 10.3. The van der Waals surface area contributed by atoms with Crippen LogP contribution >= 0.6 is 11.6 Å². The summed E-state index contributed by atoms with van der Waals surface area (Å²) >= 11 is 5.91. The lowest BCUT2D eigenvalue weighted by molar-refractivity contribution is 0.209. The van der Waals surface area contributed by atoms with Crippen molar-refractivity contribution >= 4 is 23.3 Å². The molecule has 5 heteroatoms. The number of nitrogens with zero attached hydrogens (tertiary/aromatic N) is 2. The Morgan fingerprint density at radius 2 is 1.69 bits per heavy atom. The molecule has 26 heavy (non-hydrogen) atoms. The molecule has 0 aliphatic carbocycles. The van der Waals surface area contributed by atoms with Crippen molar-refractivity contribution in [3.8, 4) is 0 Å². The summed E-state index contributed by atoms with van der Waals surface area (Å²) in [5, 5.41) is 3.57. The highest BCUT2D eigenvalue weighted by Gasteiger charge is 2.14. The molecular weight excluding hydrogens is 346 g/mol. The number of urea groups is 1. The molecule has 0 radical (unpaired) electrons. The van der Waals surface area contributed by atoms with Crippen LogP contribution < -0.4 is 5.32 Å². The van der Waals surface area contributed by atoms with Crippen molar-refractivity contribution in [2.75, 3.05) is 11.9 Å². The van der Waals surface area contributed by atoms with Gasteiger partial charge in [-0.2, -0.15) is 0 Å². The smallest absolute Gasteiger partial charge is 0.320 e. The first-order chi connectivity index (χ1) is 12.7. The van der Waals surface area contributed by atoms with Crippen LogP contribution in [0.3, 0.4) is 0 Å². The highest BCUT2D eigenvalue weighted by atomic mass is 35.5. The van der Waals surface area contributed by atoms with Crippen molar-refractivity contribution < 1.29 is 4.79 Å². The number of pyridine rings is 1. The minimum absolute atomic E-state index is 0.146. The van der Waals surface area contributed by atoms with Crippen LogP contribution in [0.15, 0.2) is 79.0 Å². The van der Waals surface area contributed by atoms with Gasteiger partial charge < -0.3 is 10.2 Å². The number of hydrogen-bond donors (Lipinski definition) is 1. The summed E-state index contributed by atoms with van der Waals surface area (Å²) in [6.07, 6.45) is 2.46. The maximum atomic E-state index is 12.8. The summed E-state index contributed by atoms with van der Waals surface area (Å²) in [7, 11) is 0. The predicted molar refractivity (Wildman–Crippen MR) is 105 cm³/mol. The Bertz CT molecular complexity index is 823. The van der Waals surface area contributed by atoms with E-state index in [1.54, 1.807) is 35.4 Å². The van der Waals surface area contributed by atoms with Gasteiger partial charge in [0, 0.05) is 42.1 Å². The second-order valence-electron chi connectivity index (χ2n) is 5.92. The van der Waals surface area contributed by atoms with Crippen LogP contribution in [0.4, 0.5) is 10.5 Å². The van der Waals surface area contributed by atoms with Gasteiger partial charge >= 0.3 is 6.03 Å². The average molecular weight is 366 g/mol. The summed E-state index contributed by atoms with van der Waals surface area (Å²) in [5.41, 5.74) is 2.76. The largest absolute Gasteiger partial charge is 0.322 e. The standard InChI is InChI=1S/C21H20ClN3O/c22-18-9-11-20(12-10-18)24-21(26)25(16-17-6-2-1-3-7-17)15-13-19-8-4-5-14-23-19/h1-12,14H,13,15-16H2,(H,24,26). The number of carbonyl (C=O) groups is 1. The molecule has 2 amide bonds. The molecule has 0 aliphatic rings. The van der Waals surface area contributed by atoms with E-state index in [9.17, 15) is 4.79 Å². The summed E-state index contributed by atoms with van der Waals surface area (Å²) in [6, 6.07) is 22.7. The van der Waals surface area contributed by atoms with Crippen LogP contribution in [0.25, 0.3) is 0 Å². The maximum Gasteiger partial charge on any atom is 0.322 e. The van der Waals surface area contributed by atoms with Crippen LogP contribution in [0.1, 0.15) is 11.3 Å². The monoisotopic (exact) mass is 365 g/mol. The summed E-state index contributed by atoms with van der Waals surface area (Å²) in [6.45, 7) is 1.11. The van der Waals surface area contributed by atoms with E-state index < -0.39 is 0 Å². The van der Waals surface area contributed by atoms with Gasteiger partial charge in [-0.25, -0.2) is 4.79 Å². The number of carbonyl (C=O) groups excluding carboxylic acids is 1. The molecule has 2 aromatic carbocycles. The maximum absolute atomic E-state index is 12.8. The number of nitrogens with one attached hydrogen (secondary N) is 1. The topological polar surface area (TPSA) is 45.2 Å². The predicted octanol–water partition coefficient (Wildman–Crippen LogP) is 5.01. The molecule has 0 saturated carbocycles. The number of amides is 2. The van der Waals surface area contributed by atoms with Crippen molar-refractivity contribution in [1.29, 1.82) is 0 Å². The Kier molecular flexibility index (Phi) is 6.23. The van der Waals surface area contributed by atoms with Crippen molar-refractivity contribution in [3.63, 3.8) is 0 Å². The third-order valence-corrected chi connectivity index (χ3v) is 4.21. The van der Waals surface area contributed by atoms with E-state index >= 15 is 0 Å². The van der Waals surface area contributed by atoms with Crippen molar-refractivity contribution in [2.24, 2.45) is 0 Å². The first kappa shape index (κ1) is 18.0. The number of halogens is 1. The Morgan fingerprint density at radius 1 is 0.962 bits per heavy atom. The van der Waals surface area contributed by atoms with Crippen molar-refractivity contribution in [1.82, 2.24) is 9.88 Å². The zero-order valence-corrected chi connectivity index (χ0v) is 15.1. The number of aromatic nitrogens is 1. The van der Waals surface area contributed by atoms with E-state index in [1.165, 1.54) is 0 Å². The van der Waals surface area contributed by atoms with Gasteiger partial charge in [-0.1, -0.05) is 48.0 Å². The molecule has 0 unspecified atom stereocenters. The van der Waals surface area contributed by atoms with E-state index in [4.69, 9.17) is 11.6 Å². The van der Waals surface area contributed by atoms with Crippen LogP contribution in [-0.2, 0) is 13.0 Å². The zero-order chi connectivity index (χ0) is 18.2. The van der Waals surface area contributed by atoms with E-state index in [1.807, 2.05) is 48.5 Å². The molecular formula is C21H20ClN3O. The number of benzene rings is 2. The van der Waals surface area contributed by atoms with Crippen LogP contribution in [-0.4, -0.2) is 22.5 Å². The Balaban J connectivity index is 1.70. The van der Waals surface area contributed by atoms with Crippen LogP contribution in [0.2, 0.25) is 5.02 Å². The van der Waals surface area contributed by atoms with Crippen molar-refractivity contribution in [3.05, 3.63) is 95.3 Å². The summed E-state index contributed by atoms with van der Waals surface area (Å²) in [5.74, 6) is 0. The third-order valence-electron chi connectivity index (χ3n) is 3.96. The van der Waals surface area contributed by atoms with E-state index in [0.717, 1.165) is 16.9 Å². The Morgan fingerprint density at radius 3 is 2.38 bits per heavy atom. The van der Waals surface area contributed by atoms with E-state index in [0.29, 0.717) is 24.5 Å². The highest BCUT2D eigenvalue weighted by molar-refractivity contribution is 6.30. The molecule has 4 nitrogen and oxygen atoms in total. The first-order valence-corrected chi connectivity index (χ1v) is 8.84. The SMILES string of the molecule is O=C(Nc1ccc(Cl)cc1)N(CCc1ccccn1)Cc1ccccc1. The summed E-state index contributed by atoms with van der Waals surface area (Å²) < 4.78 is 0. The van der Waals surface area contributed by atoms with Gasteiger partial charge in [-0.15, -0.1) is 0 Å². The highest BCUT2D eigenvalue weighted by Crippen LogP contribution is 2.15. The van der Waals surface area contributed by atoms with Crippen molar-refractivity contribution in [2.45, 2.75) is 13.0 Å². The lowest BCUT2D eigenvalue weighted by Crippen LogP contribution is -2.36. The van der Waals surface area contributed by atoms with Gasteiger partial charge in [0.25, 0.3) is 0 Å². The number of anilines is 1. The summed E-state index contributed by atoms with van der Waals surface area (Å²) in [4.78, 5) is 18.9. The third kappa shape index (κ3) is 5.33. The molecule has 0 aliphatic heterocycles. The molecule has 3 aromatic rings. The quantitative estimate of drug-likeness (QED) is 0.667. The van der Waals surface area contributed by atoms with Crippen LogP contribution in [0, 0.1) is 0 Å². The van der Waals surface area contributed by atoms with Gasteiger partial charge in [-0.05, 0) is 42.0 Å². The molecule has 0 saturated heterocycles. The Hall–Kier alpha value is -2.85. The minimum atomic E-state index is -0.146. The average Bonchev–Trinajstić information content (AvgIpc) is 2.68. The van der Waals surface area contributed by atoms with Gasteiger partial charge in [0.15, 0.2) is 0 Å². The van der Waals surface area contributed by atoms with Gasteiger partial charge in [0.05, 0.1) is 0 Å². The fourth-order valence-corrected chi connectivity index (χ4v) is 2.71. The second kappa shape index (κ2) is 9.02. The fourth-order valence-electron chi connectivity index (χ4n) is 2.59. The van der Waals surface area contributed by atoms with Gasteiger partial charge in [0.2, 0.25) is 0 Å². The number of hydrogen-bond acceptors (Lipinski definition) is 2. The van der Waals surface area contributed by atoms with Crippen LogP contribution in [0.5, 0.6) is 0 Å². The molecule has 1 N–H and O–H groups in total. The second-order valence-corrected chi connectivity index (χ2v) is 6.35. The fraction of sp³-hybridized carbons (Fsp3) is 0.143. The molecule has 1 heterocycles. The molecule has 1 aromatic heterocycles. The molecule has 0 atom stereocenters. The number of rotatable bonds is 6. The van der Waals surface area contributed by atoms with Gasteiger partial charge in [-0.3, -0.25) is 4.98 Å². The molecule has 0 bridgehead atoms. The zero-order valence-electron chi connectivity index (χ0n) is 14.3. The lowest BCUT2D eigenvalue weighted by Gasteiger charge is -2.23. The Labute approximate surface area is 158 Å². The molecule has 3 rings (SSSR count).